The zero-order valence-corrected chi connectivity index (χ0v) is 12.6. The van der Waals surface area contributed by atoms with Crippen LogP contribution in [-0.4, -0.2) is 26.4 Å². The van der Waals surface area contributed by atoms with Gasteiger partial charge in [-0.15, -0.1) is 0 Å². The van der Waals surface area contributed by atoms with Gasteiger partial charge in [0.25, 0.3) is 0 Å². The average molecular weight is 299 g/mol. The lowest BCUT2D eigenvalue weighted by Gasteiger charge is -2.25. The normalized spacial score (nSPS) is 12.7. The molecule has 0 bridgehead atoms. The average Bonchev–Trinajstić information content (AvgIpc) is 2.26. The standard InChI is InChI=1S/C13H17NO5S/c1-9(15)14(12(16)19-13(2,3)4)10-5-7-11(8-6-10)20(17)18/h5-8H,1-4H3,(H,17,18). The summed E-state index contributed by atoms with van der Waals surface area (Å²) in [6, 6.07) is 5.56. The molecule has 1 N–H and O–H groups in total. The lowest BCUT2D eigenvalue weighted by Crippen LogP contribution is -2.39. The zero-order chi connectivity index (χ0) is 15.5. The summed E-state index contributed by atoms with van der Waals surface area (Å²) in [5.74, 6) is -0.503. The number of hydrogen-bond acceptors (Lipinski definition) is 4. The number of benzene rings is 1. The molecule has 0 aliphatic rings. The largest absolute Gasteiger partial charge is 0.443 e. The molecule has 0 saturated heterocycles. The summed E-state index contributed by atoms with van der Waals surface area (Å²) in [6.07, 6.45) is -0.789. The number of rotatable bonds is 2. The molecule has 0 aromatic heterocycles. The van der Waals surface area contributed by atoms with Crippen LogP contribution in [0.2, 0.25) is 0 Å². The summed E-state index contributed by atoms with van der Waals surface area (Å²) >= 11 is -2.11. The minimum Gasteiger partial charge on any atom is -0.443 e. The van der Waals surface area contributed by atoms with Crippen LogP contribution >= 0.6 is 0 Å². The van der Waals surface area contributed by atoms with E-state index in [1.54, 1.807) is 20.8 Å². The van der Waals surface area contributed by atoms with E-state index in [0.717, 1.165) is 4.90 Å². The van der Waals surface area contributed by atoms with Gasteiger partial charge in [0.15, 0.2) is 11.1 Å². The number of carbonyl (C=O) groups is 2. The van der Waals surface area contributed by atoms with Crippen molar-refractivity contribution in [1.82, 2.24) is 0 Å². The lowest BCUT2D eigenvalue weighted by molar-refractivity contribution is -0.116. The number of imide groups is 1. The van der Waals surface area contributed by atoms with E-state index >= 15 is 0 Å². The van der Waals surface area contributed by atoms with Crippen LogP contribution in [-0.2, 0) is 20.6 Å². The van der Waals surface area contributed by atoms with E-state index in [0.29, 0.717) is 0 Å². The van der Waals surface area contributed by atoms with Gasteiger partial charge in [-0.2, -0.15) is 0 Å². The minimum absolute atomic E-state index is 0.182. The first-order valence-electron chi connectivity index (χ1n) is 5.86. The van der Waals surface area contributed by atoms with Crippen molar-refractivity contribution in [3.63, 3.8) is 0 Å². The lowest BCUT2D eigenvalue weighted by atomic mass is 10.2. The Hall–Kier alpha value is -1.73. The number of carbonyl (C=O) groups excluding carboxylic acids is 2. The van der Waals surface area contributed by atoms with E-state index in [1.807, 2.05) is 0 Å². The molecule has 1 aromatic carbocycles. The van der Waals surface area contributed by atoms with Gasteiger partial charge < -0.3 is 9.29 Å². The molecule has 0 saturated carbocycles. The van der Waals surface area contributed by atoms with Crippen molar-refractivity contribution < 1.29 is 23.1 Å². The molecule has 2 amide bonds. The first kappa shape index (κ1) is 16.3. The topological polar surface area (TPSA) is 83.9 Å². The van der Waals surface area contributed by atoms with E-state index < -0.39 is 28.7 Å². The molecule has 0 spiro atoms. The van der Waals surface area contributed by atoms with E-state index in [9.17, 15) is 13.8 Å². The summed E-state index contributed by atoms with van der Waals surface area (Å²) < 4.78 is 25.0. The predicted molar refractivity (Wildman–Crippen MR) is 74.9 cm³/mol. The Morgan fingerprint density at radius 1 is 1.20 bits per heavy atom. The van der Waals surface area contributed by atoms with Crippen molar-refractivity contribution in [2.24, 2.45) is 0 Å². The molecule has 1 aromatic rings. The van der Waals surface area contributed by atoms with Crippen LogP contribution in [0.3, 0.4) is 0 Å². The number of nitrogens with zero attached hydrogens (tertiary/aromatic N) is 1. The number of amides is 2. The number of hydrogen-bond donors (Lipinski definition) is 1. The molecular weight excluding hydrogens is 282 g/mol. The van der Waals surface area contributed by atoms with Crippen molar-refractivity contribution in [3.05, 3.63) is 24.3 Å². The quantitative estimate of drug-likeness (QED) is 0.848. The van der Waals surface area contributed by atoms with Crippen LogP contribution in [0.4, 0.5) is 10.5 Å². The SMILES string of the molecule is CC(=O)N(C(=O)OC(C)(C)C)c1ccc(S(=O)O)cc1. The molecule has 110 valence electrons. The fourth-order valence-electron chi connectivity index (χ4n) is 1.43. The third kappa shape index (κ3) is 4.43. The Morgan fingerprint density at radius 3 is 2.05 bits per heavy atom. The Morgan fingerprint density at radius 2 is 1.70 bits per heavy atom. The highest BCUT2D eigenvalue weighted by Gasteiger charge is 2.26. The Bertz CT molecular complexity index is 533. The second kappa shape index (κ2) is 6.15. The maximum Gasteiger partial charge on any atom is 0.421 e. The summed E-state index contributed by atoms with van der Waals surface area (Å²) in [4.78, 5) is 24.7. The third-order valence-electron chi connectivity index (χ3n) is 2.19. The summed E-state index contributed by atoms with van der Waals surface area (Å²) in [5, 5.41) is 0. The van der Waals surface area contributed by atoms with Crippen molar-refractivity contribution in [2.75, 3.05) is 4.90 Å². The van der Waals surface area contributed by atoms with Gasteiger partial charge in [0, 0.05) is 6.92 Å². The molecule has 0 aliphatic carbocycles. The predicted octanol–water partition coefficient (Wildman–Crippen LogP) is 2.56. The highest BCUT2D eigenvalue weighted by molar-refractivity contribution is 7.79. The first-order valence-corrected chi connectivity index (χ1v) is 6.97. The molecule has 0 fully saturated rings. The third-order valence-corrected chi connectivity index (χ3v) is 2.86. The highest BCUT2D eigenvalue weighted by atomic mass is 32.2. The smallest absolute Gasteiger partial charge is 0.421 e. The van der Waals surface area contributed by atoms with Gasteiger partial charge in [0.1, 0.15) is 5.60 Å². The number of anilines is 1. The van der Waals surface area contributed by atoms with Crippen LogP contribution in [0.15, 0.2) is 29.2 Å². The highest BCUT2D eigenvalue weighted by Crippen LogP contribution is 2.20. The molecule has 0 aliphatic heterocycles. The Labute approximate surface area is 120 Å². The molecule has 6 nitrogen and oxygen atoms in total. The van der Waals surface area contributed by atoms with Gasteiger partial charge in [0.2, 0.25) is 5.91 Å². The summed E-state index contributed by atoms with van der Waals surface area (Å²) in [7, 11) is 0. The van der Waals surface area contributed by atoms with Gasteiger partial charge in [-0.1, -0.05) is 0 Å². The minimum atomic E-state index is -2.11. The molecule has 0 heterocycles. The summed E-state index contributed by atoms with van der Waals surface area (Å²) in [5.41, 5.74) is -0.446. The van der Waals surface area contributed by atoms with E-state index in [4.69, 9.17) is 9.29 Å². The van der Waals surface area contributed by atoms with Gasteiger partial charge in [-0.3, -0.25) is 4.79 Å². The molecular formula is C13H17NO5S. The first-order chi connectivity index (χ1) is 9.11. The molecule has 7 heteroatoms. The summed E-state index contributed by atoms with van der Waals surface area (Å²) in [6.45, 7) is 6.33. The molecule has 1 atom stereocenters. The van der Waals surface area contributed by atoms with Crippen molar-refractivity contribution in [2.45, 2.75) is 38.2 Å². The van der Waals surface area contributed by atoms with Crippen LogP contribution < -0.4 is 4.90 Å². The maximum atomic E-state index is 12.0. The van der Waals surface area contributed by atoms with Gasteiger partial charge in [0.05, 0.1) is 10.6 Å². The van der Waals surface area contributed by atoms with Crippen LogP contribution in [0.1, 0.15) is 27.7 Å². The fourth-order valence-corrected chi connectivity index (χ4v) is 1.80. The van der Waals surface area contributed by atoms with Gasteiger partial charge >= 0.3 is 6.09 Å². The molecule has 20 heavy (non-hydrogen) atoms. The van der Waals surface area contributed by atoms with Crippen LogP contribution in [0.25, 0.3) is 0 Å². The van der Waals surface area contributed by atoms with Gasteiger partial charge in [-0.25, -0.2) is 13.9 Å². The van der Waals surface area contributed by atoms with Gasteiger partial charge in [-0.05, 0) is 45.0 Å². The van der Waals surface area contributed by atoms with Crippen LogP contribution in [0, 0.1) is 0 Å². The fraction of sp³-hybridized carbons (Fsp3) is 0.385. The van der Waals surface area contributed by atoms with E-state index in [2.05, 4.69) is 0 Å². The van der Waals surface area contributed by atoms with Crippen LogP contribution in [0.5, 0.6) is 0 Å². The Balaban J connectivity index is 3.05. The molecule has 1 rings (SSSR count). The Kier molecular flexibility index (Phi) is 5.02. The number of ether oxygens (including phenoxy) is 1. The second-order valence-corrected chi connectivity index (χ2v) is 6.05. The zero-order valence-electron chi connectivity index (χ0n) is 11.7. The maximum absolute atomic E-state index is 12.0. The van der Waals surface area contributed by atoms with E-state index in [1.165, 1.54) is 31.2 Å². The molecule has 0 radical (unpaired) electrons. The van der Waals surface area contributed by atoms with Crippen molar-refractivity contribution in [1.29, 1.82) is 0 Å². The van der Waals surface area contributed by atoms with Crippen molar-refractivity contribution >= 4 is 28.8 Å². The van der Waals surface area contributed by atoms with E-state index in [-0.39, 0.29) is 10.6 Å². The second-order valence-electron chi connectivity index (χ2n) is 5.08. The van der Waals surface area contributed by atoms with Crippen molar-refractivity contribution in [3.8, 4) is 0 Å². The monoisotopic (exact) mass is 299 g/mol. The molecule has 1 unspecified atom stereocenters.